The van der Waals surface area contributed by atoms with Gasteiger partial charge in [-0.25, -0.2) is 4.63 Å². The summed E-state index contributed by atoms with van der Waals surface area (Å²) in [6.45, 7) is 0.125. The van der Waals surface area contributed by atoms with E-state index in [1.807, 2.05) is 0 Å². The highest BCUT2D eigenvalue weighted by Crippen LogP contribution is 2.02. The normalized spacial score (nSPS) is 9.71. The first-order chi connectivity index (χ1) is 6.61. The Labute approximate surface area is 78.6 Å². The number of anilines is 1. The molecule has 0 aliphatic heterocycles. The molecule has 0 fully saturated rings. The van der Waals surface area contributed by atoms with Crippen LogP contribution in [0, 0.1) is 0 Å². The summed E-state index contributed by atoms with van der Waals surface area (Å²) in [5.41, 5.74) is 10.0. The van der Waals surface area contributed by atoms with Crippen molar-refractivity contribution in [2.45, 2.75) is 6.42 Å². The number of amides is 2. The Hall–Kier alpha value is -2.12. The fourth-order valence-electron chi connectivity index (χ4n) is 0.736. The molecule has 0 aliphatic rings. The number of nitrogens with two attached hydrogens (primary N) is 2. The van der Waals surface area contributed by atoms with Crippen LogP contribution in [-0.4, -0.2) is 28.7 Å². The molecule has 0 spiro atoms. The second-order valence-electron chi connectivity index (χ2n) is 2.47. The van der Waals surface area contributed by atoms with E-state index in [1.165, 1.54) is 0 Å². The fourth-order valence-corrected chi connectivity index (χ4v) is 0.736. The zero-order valence-corrected chi connectivity index (χ0v) is 7.19. The second kappa shape index (κ2) is 4.21. The Morgan fingerprint density at radius 1 is 1.43 bits per heavy atom. The van der Waals surface area contributed by atoms with Gasteiger partial charge in [0.1, 0.15) is 0 Å². The van der Waals surface area contributed by atoms with Gasteiger partial charge in [-0.2, -0.15) is 0 Å². The summed E-state index contributed by atoms with van der Waals surface area (Å²) in [4.78, 5) is 21.5. The van der Waals surface area contributed by atoms with Crippen LogP contribution in [0.4, 0.5) is 5.82 Å². The van der Waals surface area contributed by atoms with Gasteiger partial charge in [-0.1, -0.05) is 0 Å². The number of nitrogens with one attached hydrogen (secondary N) is 1. The van der Waals surface area contributed by atoms with Crippen molar-refractivity contribution in [1.82, 2.24) is 15.6 Å². The van der Waals surface area contributed by atoms with Gasteiger partial charge in [0.15, 0.2) is 0 Å². The second-order valence-corrected chi connectivity index (χ2v) is 2.47. The zero-order valence-electron chi connectivity index (χ0n) is 7.19. The lowest BCUT2D eigenvalue weighted by Crippen LogP contribution is -2.28. The number of aromatic nitrogens is 2. The van der Waals surface area contributed by atoms with Crippen LogP contribution in [-0.2, 0) is 4.79 Å². The van der Waals surface area contributed by atoms with Crippen molar-refractivity contribution in [2.24, 2.45) is 5.73 Å². The van der Waals surface area contributed by atoms with E-state index in [-0.39, 0.29) is 24.5 Å². The molecule has 8 nitrogen and oxygen atoms in total. The van der Waals surface area contributed by atoms with E-state index in [9.17, 15) is 9.59 Å². The monoisotopic (exact) mass is 199 g/mol. The van der Waals surface area contributed by atoms with E-state index in [0.717, 1.165) is 0 Å². The average Bonchev–Trinajstić information content (AvgIpc) is 2.50. The number of carbonyl (C=O) groups excluding carboxylic acids is 2. The van der Waals surface area contributed by atoms with Crippen LogP contribution in [0.3, 0.4) is 0 Å². The Kier molecular flexibility index (Phi) is 3.00. The maximum absolute atomic E-state index is 11.2. The first-order valence-corrected chi connectivity index (χ1v) is 3.76. The molecule has 5 N–H and O–H groups in total. The third-order valence-corrected chi connectivity index (χ3v) is 1.39. The quantitative estimate of drug-likeness (QED) is 0.526. The van der Waals surface area contributed by atoms with Gasteiger partial charge in [0.2, 0.25) is 17.4 Å². The molecule has 0 atom stereocenters. The number of primary amides is 1. The van der Waals surface area contributed by atoms with Crippen LogP contribution in [0.1, 0.15) is 16.9 Å². The maximum Gasteiger partial charge on any atom is 0.277 e. The fraction of sp³-hybridized carbons (Fsp3) is 0.333. The zero-order chi connectivity index (χ0) is 10.6. The average molecular weight is 199 g/mol. The third-order valence-electron chi connectivity index (χ3n) is 1.39. The van der Waals surface area contributed by atoms with Crippen LogP contribution >= 0.6 is 0 Å². The highest BCUT2D eigenvalue weighted by atomic mass is 16.6. The largest absolute Gasteiger partial charge is 0.379 e. The Morgan fingerprint density at radius 2 is 2.14 bits per heavy atom. The third kappa shape index (κ3) is 2.44. The highest BCUT2D eigenvalue weighted by molar-refractivity contribution is 5.96. The number of rotatable bonds is 4. The van der Waals surface area contributed by atoms with Gasteiger partial charge >= 0.3 is 0 Å². The SMILES string of the molecule is NC(=O)CCNC(=O)c1nonc1N. The van der Waals surface area contributed by atoms with Gasteiger partial charge in [0, 0.05) is 13.0 Å². The molecule has 0 unspecified atom stereocenters. The number of carbonyl (C=O) groups is 2. The van der Waals surface area contributed by atoms with Crippen molar-refractivity contribution in [3.8, 4) is 0 Å². The van der Waals surface area contributed by atoms with E-state index in [0.29, 0.717) is 0 Å². The molecule has 2 amide bonds. The van der Waals surface area contributed by atoms with Crippen molar-refractivity contribution in [1.29, 1.82) is 0 Å². The molecular formula is C6H9N5O3. The lowest BCUT2D eigenvalue weighted by atomic mass is 10.3. The van der Waals surface area contributed by atoms with Crippen molar-refractivity contribution >= 4 is 17.6 Å². The van der Waals surface area contributed by atoms with Crippen LogP contribution in [0.5, 0.6) is 0 Å². The first-order valence-electron chi connectivity index (χ1n) is 3.76. The Morgan fingerprint density at radius 3 is 2.64 bits per heavy atom. The van der Waals surface area contributed by atoms with E-state index >= 15 is 0 Å². The lowest BCUT2D eigenvalue weighted by molar-refractivity contribution is -0.117. The highest BCUT2D eigenvalue weighted by Gasteiger charge is 2.15. The van der Waals surface area contributed by atoms with Crippen molar-refractivity contribution < 1.29 is 14.2 Å². The summed E-state index contributed by atoms with van der Waals surface area (Å²) >= 11 is 0. The molecule has 76 valence electrons. The summed E-state index contributed by atoms with van der Waals surface area (Å²) in [7, 11) is 0. The standard InChI is InChI=1S/C6H9N5O3/c7-3(12)1-2-9-6(13)4-5(8)11-14-10-4/h1-2H2,(H2,7,12)(H2,8,11)(H,9,13). The molecule has 14 heavy (non-hydrogen) atoms. The number of hydrogen-bond acceptors (Lipinski definition) is 6. The molecule has 0 radical (unpaired) electrons. The van der Waals surface area contributed by atoms with Gasteiger partial charge in [-0.15, -0.1) is 0 Å². The van der Waals surface area contributed by atoms with Crippen LogP contribution in [0.25, 0.3) is 0 Å². The van der Waals surface area contributed by atoms with Gasteiger partial charge in [0.05, 0.1) is 0 Å². The molecule has 1 rings (SSSR count). The van der Waals surface area contributed by atoms with Gasteiger partial charge in [-0.3, -0.25) is 9.59 Å². The lowest BCUT2D eigenvalue weighted by Gasteiger charge is -1.99. The molecule has 0 saturated carbocycles. The topological polar surface area (TPSA) is 137 Å². The summed E-state index contributed by atoms with van der Waals surface area (Å²) in [6.07, 6.45) is 0.0525. The van der Waals surface area contributed by atoms with Gasteiger partial charge < -0.3 is 16.8 Å². The minimum absolute atomic E-state index is 0.0525. The van der Waals surface area contributed by atoms with Gasteiger partial charge in [0.25, 0.3) is 5.91 Å². The summed E-state index contributed by atoms with van der Waals surface area (Å²) < 4.78 is 4.22. The predicted molar refractivity (Wildman–Crippen MR) is 44.9 cm³/mol. The molecule has 8 heteroatoms. The van der Waals surface area contributed by atoms with E-state index in [1.54, 1.807) is 0 Å². The van der Waals surface area contributed by atoms with Crippen LogP contribution < -0.4 is 16.8 Å². The number of nitrogens with zero attached hydrogens (tertiary/aromatic N) is 2. The molecule has 0 aromatic carbocycles. The summed E-state index contributed by atoms with van der Waals surface area (Å²) in [5.74, 6) is -1.15. The van der Waals surface area contributed by atoms with E-state index in [2.05, 4.69) is 20.3 Å². The van der Waals surface area contributed by atoms with Crippen molar-refractivity contribution in [3.63, 3.8) is 0 Å². The van der Waals surface area contributed by atoms with Crippen LogP contribution in [0.15, 0.2) is 4.63 Å². The smallest absolute Gasteiger partial charge is 0.277 e. The Balaban J connectivity index is 2.44. The summed E-state index contributed by atoms with van der Waals surface area (Å²) in [6, 6.07) is 0. The molecule has 0 bridgehead atoms. The molecule has 1 aromatic rings. The minimum Gasteiger partial charge on any atom is -0.379 e. The minimum atomic E-state index is -0.551. The van der Waals surface area contributed by atoms with Gasteiger partial charge in [-0.05, 0) is 10.3 Å². The molecular weight excluding hydrogens is 190 g/mol. The first kappa shape index (κ1) is 9.96. The molecule has 0 saturated heterocycles. The summed E-state index contributed by atoms with van der Waals surface area (Å²) in [5, 5.41) is 8.87. The molecule has 1 aromatic heterocycles. The Bertz CT molecular complexity index is 347. The number of nitrogen functional groups attached to an aromatic ring is 1. The van der Waals surface area contributed by atoms with E-state index in [4.69, 9.17) is 11.5 Å². The van der Waals surface area contributed by atoms with E-state index < -0.39 is 11.8 Å². The van der Waals surface area contributed by atoms with Crippen LogP contribution in [0.2, 0.25) is 0 Å². The number of hydrogen-bond donors (Lipinski definition) is 3. The predicted octanol–water partition coefficient (Wildman–Crippen LogP) is -1.74. The van der Waals surface area contributed by atoms with Crippen molar-refractivity contribution in [3.05, 3.63) is 5.69 Å². The van der Waals surface area contributed by atoms with Crippen molar-refractivity contribution in [2.75, 3.05) is 12.3 Å². The molecule has 0 aliphatic carbocycles. The molecule has 1 heterocycles. The maximum atomic E-state index is 11.2.